The molecule has 1 aromatic heterocycles. The lowest BCUT2D eigenvalue weighted by atomic mass is 9.82. The molecule has 2 aliphatic rings. The van der Waals surface area contributed by atoms with Gasteiger partial charge >= 0.3 is 6.01 Å². The maximum atomic E-state index is 13.7. The van der Waals surface area contributed by atoms with E-state index in [2.05, 4.69) is 22.1 Å². The van der Waals surface area contributed by atoms with Gasteiger partial charge in [-0.15, -0.1) is 0 Å². The minimum Gasteiger partial charge on any atom is -0.497 e. The van der Waals surface area contributed by atoms with Crippen LogP contribution < -0.4 is 14.2 Å². The number of fused-ring (bicyclic) bond motifs is 1. The normalized spacial score (nSPS) is 18.8. The van der Waals surface area contributed by atoms with Crippen LogP contribution in [0.5, 0.6) is 17.6 Å². The van der Waals surface area contributed by atoms with Crippen LogP contribution in [-0.2, 0) is 28.9 Å². The summed E-state index contributed by atoms with van der Waals surface area (Å²) in [4.78, 5) is 24.3. The smallest absolute Gasteiger partial charge is 0.319 e. The first-order valence-corrected chi connectivity index (χ1v) is 11.0. The van der Waals surface area contributed by atoms with Crippen LogP contribution in [0, 0.1) is 12.8 Å². The monoisotopic (exact) mass is 441 g/mol. The largest absolute Gasteiger partial charge is 0.497 e. The van der Waals surface area contributed by atoms with Crippen molar-refractivity contribution in [3.05, 3.63) is 40.6 Å². The summed E-state index contributed by atoms with van der Waals surface area (Å²) in [6, 6.07) is 6.49. The van der Waals surface area contributed by atoms with Crippen LogP contribution in [0.25, 0.3) is 0 Å². The number of rotatable bonds is 6. The molecule has 0 aliphatic carbocycles. The van der Waals surface area contributed by atoms with Gasteiger partial charge in [0.2, 0.25) is 11.8 Å². The van der Waals surface area contributed by atoms with E-state index < -0.39 is 0 Å². The van der Waals surface area contributed by atoms with E-state index in [1.807, 2.05) is 17.9 Å². The Labute approximate surface area is 188 Å². The molecule has 3 heterocycles. The number of hydrogen-bond acceptors (Lipinski definition) is 7. The second kappa shape index (κ2) is 9.73. The highest BCUT2D eigenvalue weighted by atomic mass is 16.5. The standard InChI is InChI=1S/C24H31N3O5/c1-15-20(23(30-3)26-24(25-15)31-4)13-22(28)27-14-17-5-6-19(29-2)11-18(17)12-21(27)16-7-9-32-10-8-16/h5-6,11,16,21H,7-10,12-14H2,1-4H3. The molecule has 0 radical (unpaired) electrons. The van der Waals surface area contributed by atoms with Crippen molar-refractivity contribution in [2.45, 2.75) is 45.2 Å². The third kappa shape index (κ3) is 4.50. The molecule has 8 nitrogen and oxygen atoms in total. The number of benzene rings is 1. The third-order valence-corrected chi connectivity index (χ3v) is 6.57. The molecule has 2 aromatic rings. The van der Waals surface area contributed by atoms with E-state index in [0.717, 1.165) is 43.8 Å². The molecule has 1 aromatic carbocycles. The van der Waals surface area contributed by atoms with Gasteiger partial charge in [0.1, 0.15) is 5.75 Å². The Morgan fingerprint density at radius 3 is 2.56 bits per heavy atom. The molecular weight excluding hydrogens is 410 g/mol. The Kier molecular flexibility index (Phi) is 6.79. The van der Waals surface area contributed by atoms with Crippen molar-refractivity contribution in [1.82, 2.24) is 14.9 Å². The number of aromatic nitrogens is 2. The molecule has 32 heavy (non-hydrogen) atoms. The van der Waals surface area contributed by atoms with Gasteiger partial charge in [0.05, 0.1) is 33.4 Å². The van der Waals surface area contributed by atoms with E-state index in [1.54, 1.807) is 14.2 Å². The summed E-state index contributed by atoms with van der Waals surface area (Å²) in [6.45, 7) is 3.92. The summed E-state index contributed by atoms with van der Waals surface area (Å²) >= 11 is 0. The zero-order valence-electron chi connectivity index (χ0n) is 19.2. The maximum absolute atomic E-state index is 13.7. The average Bonchev–Trinajstić information content (AvgIpc) is 2.84. The Bertz CT molecular complexity index is 974. The molecule has 1 unspecified atom stereocenters. The van der Waals surface area contributed by atoms with Gasteiger partial charge in [0, 0.05) is 31.4 Å². The van der Waals surface area contributed by atoms with Crippen LogP contribution in [0.2, 0.25) is 0 Å². The number of ether oxygens (including phenoxy) is 4. The number of nitrogens with zero attached hydrogens (tertiary/aromatic N) is 3. The predicted molar refractivity (Wildman–Crippen MR) is 118 cm³/mol. The first-order valence-electron chi connectivity index (χ1n) is 11.0. The topological polar surface area (TPSA) is 83.0 Å². The minimum atomic E-state index is 0.0538. The molecular formula is C24H31N3O5. The summed E-state index contributed by atoms with van der Waals surface area (Å²) in [7, 11) is 4.74. The maximum Gasteiger partial charge on any atom is 0.319 e. The van der Waals surface area contributed by atoms with Crippen molar-refractivity contribution in [3.63, 3.8) is 0 Å². The first kappa shape index (κ1) is 22.3. The molecule has 1 saturated heterocycles. The van der Waals surface area contributed by atoms with Crippen LogP contribution >= 0.6 is 0 Å². The van der Waals surface area contributed by atoms with Crippen LogP contribution in [0.3, 0.4) is 0 Å². The second-order valence-corrected chi connectivity index (χ2v) is 8.34. The fourth-order valence-corrected chi connectivity index (χ4v) is 4.77. The van der Waals surface area contributed by atoms with Crippen molar-refractivity contribution in [2.75, 3.05) is 34.5 Å². The molecule has 1 amide bonds. The van der Waals surface area contributed by atoms with Gasteiger partial charge < -0.3 is 23.8 Å². The number of carbonyl (C=O) groups is 1. The molecule has 0 bridgehead atoms. The van der Waals surface area contributed by atoms with E-state index in [4.69, 9.17) is 18.9 Å². The average molecular weight is 442 g/mol. The van der Waals surface area contributed by atoms with Gasteiger partial charge in [-0.3, -0.25) is 4.79 Å². The van der Waals surface area contributed by atoms with Crippen molar-refractivity contribution in [2.24, 2.45) is 5.92 Å². The quantitative estimate of drug-likeness (QED) is 0.682. The van der Waals surface area contributed by atoms with E-state index in [1.165, 1.54) is 12.7 Å². The fraction of sp³-hybridized carbons (Fsp3) is 0.542. The summed E-state index contributed by atoms with van der Waals surface area (Å²) in [6.07, 6.45) is 2.92. The summed E-state index contributed by atoms with van der Waals surface area (Å²) in [5, 5.41) is 0. The van der Waals surface area contributed by atoms with Crippen LogP contribution in [-0.4, -0.2) is 61.4 Å². The van der Waals surface area contributed by atoms with E-state index in [-0.39, 0.29) is 24.4 Å². The van der Waals surface area contributed by atoms with Crippen molar-refractivity contribution in [1.29, 1.82) is 0 Å². The number of methoxy groups -OCH3 is 3. The predicted octanol–water partition coefficient (Wildman–Crippen LogP) is 2.73. The Hall–Kier alpha value is -2.87. The highest BCUT2D eigenvalue weighted by Crippen LogP contribution is 2.34. The zero-order valence-corrected chi connectivity index (χ0v) is 19.2. The third-order valence-electron chi connectivity index (χ3n) is 6.57. The SMILES string of the molecule is COc1ccc2c(c1)CC(C1CCOCC1)N(C(=O)Cc1c(C)nc(OC)nc1OC)C2. The molecule has 0 saturated carbocycles. The fourth-order valence-electron chi connectivity index (χ4n) is 4.77. The van der Waals surface area contributed by atoms with Crippen molar-refractivity contribution >= 4 is 5.91 Å². The van der Waals surface area contributed by atoms with Gasteiger partial charge in [0.15, 0.2) is 0 Å². The van der Waals surface area contributed by atoms with Gasteiger partial charge in [-0.05, 0) is 55.4 Å². The van der Waals surface area contributed by atoms with E-state index >= 15 is 0 Å². The molecule has 1 atom stereocenters. The molecule has 1 fully saturated rings. The number of amides is 1. The lowest BCUT2D eigenvalue weighted by Gasteiger charge is -2.42. The Morgan fingerprint density at radius 1 is 1.09 bits per heavy atom. The molecule has 172 valence electrons. The van der Waals surface area contributed by atoms with Crippen molar-refractivity contribution in [3.8, 4) is 17.6 Å². The lowest BCUT2D eigenvalue weighted by Crippen LogP contribution is -2.50. The van der Waals surface area contributed by atoms with Crippen LogP contribution in [0.15, 0.2) is 18.2 Å². The van der Waals surface area contributed by atoms with E-state index in [9.17, 15) is 4.79 Å². The highest BCUT2D eigenvalue weighted by molar-refractivity contribution is 5.80. The highest BCUT2D eigenvalue weighted by Gasteiger charge is 2.36. The molecule has 0 N–H and O–H groups in total. The number of aryl methyl sites for hydroxylation is 1. The zero-order chi connectivity index (χ0) is 22.7. The lowest BCUT2D eigenvalue weighted by molar-refractivity contribution is -0.136. The first-order chi connectivity index (χ1) is 15.5. The number of carbonyl (C=O) groups excluding carboxylic acids is 1. The summed E-state index contributed by atoms with van der Waals surface area (Å²) < 4.78 is 21.6. The molecule has 8 heteroatoms. The molecule has 4 rings (SSSR count). The summed E-state index contributed by atoms with van der Waals surface area (Å²) in [5.41, 5.74) is 3.81. The van der Waals surface area contributed by atoms with Gasteiger partial charge in [-0.2, -0.15) is 4.98 Å². The van der Waals surface area contributed by atoms with Gasteiger partial charge in [-0.25, -0.2) is 4.98 Å². The van der Waals surface area contributed by atoms with E-state index in [0.29, 0.717) is 29.6 Å². The van der Waals surface area contributed by atoms with Crippen molar-refractivity contribution < 1.29 is 23.7 Å². The van der Waals surface area contributed by atoms with Crippen LogP contribution in [0.4, 0.5) is 0 Å². The second-order valence-electron chi connectivity index (χ2n) is 8.34. The van der Waals surface area contributed by atoms with Gasteiger partial charge in [-0.1, -0.05) is 6.07 Å². The minimum absolute atomic E-state index is 0.0538. The molecule has 2 aliphatic heterocycles. The van der Waals surface area contributed by atoms with Gasteiger partial charge in [0.25, 0.3) is 0 Å². The Balaban J connectivity index is 1.64. The summed E-state index contributed by atoms with van der Waals surface area (Å²) in [5.74, 6) is 1.69. The number of hydrogen-bond donors (Lipinski definition) is 0. The Morgan fingerprint density at radius 2 is 1.88 bits per heavy atom. The van der Waals surface area contributed by atoms with Crippen LogP contribution in [0.1, 0.15) is 35.2 Å². The molecule has 0 spiro atoms.